The first kappa shape index (κ1) is 23.2. The fourth-order valence-electron chi connectivity index (χ4n) is 4.15. The molecule has 1 unspecified atom stereocenters. The minimum Gasteiger partial charge on any atom is -0.444 e. The molecule has 0 aliphatic carbocycles. The second-order valence-corrected chi connectivity index (χ2v) is 10.7. The van der Waals surface area contributed by atoms with Gasteiger partial charge in [0.15, 0.2) is 17.2 Å². The fraction of sp³-hybridized carbons (Fsp3) is 0.375. The Balaban J connectivity index is 1.50. The summed E-state index contributed by atoms with van der Waals surface area (Å²) in [5.41, 5.74) is 0.928. The van der Waals surface area contributed by atoms with Gasteiger partial charge in [-0.1, -0.05) is 0 Å². The highest BCUT2D eigenvalue weighted by molar-refractivity contribution is 7.22. The normalized spacial score (nSPS) is 16.9. The number of hydrogen-bond acceptors (Lipinski definition) is 7. The number of thiophene rings is 1. The number of ether oxygens (including phenoxy) is 1. The van der Waals surface area contributed by atoms with E-state index in [9.17, 15) is 18.8 Å². The maximum Gasteiger partial charge on any atom is 0.410 e. The van der Waals surface area contributed by atoms with Gasteiger partial charge in [-0.2, -0.15) is 0 Å². The zero-order valence-corrected chi connectivity index (χ0v) is 20.6. The molecule has 4 aromatic heterocycles. The number of amides is 1. The molecule has 0 bridgehead atoms. The summed E-state index contributed by atoms with van der Waals surface area (Å²) in [6.07, 6.45) is 4.41. The van der Waals surface area contributed by atoms with E-state index in [-0.39, 0.29) is 36.5 Å². The standard InChI is InChI=1S/C24H24FN5O4S/c1-13-9-29-10-14(7-15(25)21(29)27-13)19-8-16-20(35-19)22(32)30(12-26-16)17-11-28(6-5-18(17)31)23(33)34-24(2,3)4/h7-10,12,17H,5-6,11H2,1-4H3. The van der Waals surface area contributed by atoms with Crippen LogP contribution in [0, 0.1) is 12.7 Å². The number of carbonyl (C=O) groups excluding carboxylic acids is 2. The Morgan fingerprint density at radius 2 is 2.00 bits per heavy atom. The SMILES string of the molecule is Cc1cn2cc(-c3cc4ncn(C5CN(C(=O)OC(C)(C)C)CCC5=O)c(=O)c4s3)cc(F)c2n1. The smallest absolute Gasteiger partial charge is 0.410 e. The van der Waals surface area contributed by atoms with Crippen LogP contribution in [0.15, 0.2) is 35.6 Å². The fourth-order valence-corrected chi connectivity index (χ4v) is 5.18. The van der Waals surface area contributed by atoms with Crippen molar-refractivity contribution in [3.63, 3.8) is 0 Å². The van der Waals surface area contributed by atoms with Crippen LogP contribution in [0.4, 0.5) is 9.18 Å². The zero-order chi connectivity index (χ0) is 25.1. The van der Waals surface area contributed by atoms with Crippen molar-refractivity contribution in [2.24, 2.45) is 0 Å². The number of hydrogen-bond donors (Lipinski definition) is 0. The molecular formula is C24H24FN5O4S. The summed E-state index contributed by atoms with van der Waals surface area (Å²) in [5, 5.41) is 0. The number of Topliss-reactive ketones (excluding diaryl/α,β-unsaturated/α-hetero) is 1. The second kappa shape index (κ2) is 8.26. The summed E-state index contributed by atoms with van der Waals surface area (Å²) >= 11 is 1.18. The molecule has 1 aliphatic rings. The maximum atomic E-state index is 14.6. The van der Waals surface area contributed by atoms with Crippen molar-refractivity contribution in [1.82, 2.24) is 23.8 Å². The number of rotatable bonds is 2. The molecule has 0 aromatic carbocycles. The van der Waals surface area contributed by atoms with Crippen LogP contribution in [-0.4, -0.2) is 54.4 Å². The first-order valence-corrected chi connectivity index (χ1v) is 12.0. The molecular weight excluding hydrogens is 473 g/mol. The molecule has 35 heavy (non-hydrogen) atoms. The molecule has 0 radical (unpaired) electrons. The van der Waals surface area contributed by atoms with Crippen molar-refractivity contribution in [3.8, 4) is 10.4 Å². The van der Waals surface area contributed by atoms with E-state index in [0.717, 1.165) is 0 Å². The lowest BCUT2D eigenvalue weighted by Gasteiger charge is -2.33. The summed E-state index contributed by atoms with van der Waals surface area (Å²) in [4.78, 5) is 49.3. The van der Waals surface area contributed by atoms with E-state index in [0.29, 0.717) is 26.4 Å². The number of aryl methyl sites for hydroxylation is 1. The van der Waals surface area contributed by atoms with Crippen LogP contribution in [0.25, 0.3) is 26.3 Å². The second-order valence-electron chi connectivity index (χ2n) is 9.63. The van der Waals surface area contributed by atoms with E-state index in [1.807, 2.05) is 0 Å². The van der Waals surface area contributed by atoms with Crippen LogP contribution in [-0.2, 0) is 9.53 Å². The molecule has 5 heterocycles. The predicted molar refractivity (Wildman–Crippen MR) is 129 cm³/mol. The molecule has 1 saturated heterocycles. The Kier molecular flexibility index (Phi) is 5.47. The van der Waals surface area contributed by atoms with Crippen LogP contribution in [0.2, 0.25) is 0 Å². The van der Waals surface area contributed by atoms with Crippen molar-refractivity contribution < 1.29 is 18.7 Å². The van der Waals surface area contributed by atoms with Gasteiger partial charge in [-0.3, -0.25) is 14.2 Å². The van der Waals surface area contributed by atoms with E-state index in [1.165, 1.54) is 33.2 Å². The number of imidazole rings is 1. The lowest BCUT2D eigenvalue weighted by atomic mass is 10.0. The van der Waals surface area contributed by atoms with E-state index >= 15 is 0 Å². The van der Waals surface area contributed by atoms with Crippen LogP contribution in [0.1, 0.15) is 38.9 Å². The van der Waals surface area contributed by atoms with Crippen molar-refractivity contribution in [2.75, 3.05) is 13.1 Å². The number of carbonyl (C=O) groups is 2. The quantitative estimate of drug-likeness (QED) is 0.416. The van der Waals surface area contributed by atoms with Gasteiger partial charge in [-0.05, 0) is 39.8 Å². The Bertz CT molecular complexity index is 1550. The molecule has 182 valence electrons. The van der Waals surface area contributed by atoms with E-state index in [2.05, 4.69) is 9.97 Å². The average molecular weight is 498 g/mol. The van der Waals surface area contributed by atoms with E-state index in [4.69, 9.17) is 4.74 Å². The molecule has 9 nitrogen and oxygen atoms in total. The predicted octanol–water partition coefficient (Wildman–Crippen LogP) is 3.97. The van der Waals surface area contributed by atoms with Crippen molar-refractivity contribution >= 4 is 39.1 Å². The first-order chi connectivity index (χ1) is 16.5. The summed E-state index contributed by atoms with van der Waals surface area (Å²) in [6.45, 7) is 7.36. The molecule has 0 saturated carbocycles. The van der Waals surface area contributed by atoms with Gasteiger partial charge in [0.25, 0.3) is 5.56 Å². The first-order valence-electron chi connectivity index (χ1n) is 11.2. The van der Waals surface area contributed by atoms with E-state index in [1.54, 1.807) is 50.6 Å². The van der Waals surface area contributed by atoms with Gasteiger partial charge in [0.2, 0.25) is 0 Å². The summed E-state index contributed by atoms with van der Waals surface area (Å²) < 4.78 is 23.3. The van der Waals surface area contributed by atoms with Gasteiger partial charge in [0.1, 0.15) is 16.3 Å². The molecule has 4 aromatic rings. The van der Waals surface area contributed by atoms with Gasteiger partial charge in [0, 0.05) is 35.8 Å². The molecule has 1 fully saturated rings. The van der Waals surface area contributed by atoms with Gasteiger partial charge < -0.3 is 14.0 Å². The number of piperidine rings is 1. The number of halogens is 1. The average Bonchev–Trinajstić information content (AvgIpc) is 3.37. The van der Waals surface area contributed by atoms with Gasteiger partial charge in [-0.25, -0.2) is 19.2 Å². The number of likely N-dealkylation sites (tertiary alicyclic amines) is 1. The van der Waals surface area contributed by atoms with Gasteiger partial charge in [0.05, 0.1) is 24.1 Å². The number of nitrogens with zero attached hydrogens (tertiary/aromatic N) is 5. The minimum absolute atomic E-state index is 0.0287. The third-order valence-corrected chi connectivity index (χ3v) is 6.92. The number of pyridine rings is 1. The highest BCUT2D eigenvalue weighted by Gasteiger charge is 2.34. The number of ketones is 1. The van der Waals surface area contributed by atoms with Crippen molar-refractivity contribution in [2.45, 2.75) is 45.8 Å². The molecule has 1 amide bonds. The maximum absolute atomic E-state index is 14.6. The lowest BCUT2D eigenvalue weighted by molar-refractivity contribution is -0.125. The monoisotopic (exact) mass is 497 g/mol. The summed E-state index contributed by atoms with van der Waals surface area (Å²) in [5.74, 6) is -0.610. The van der Waals surface area contributed by atoms with E-state index < -0.39 is 23.6 Å². The van der Waals surface area contributed by atoms with Crippen LogP contribution in [0.3, 0.4) is 0 Å². The molecule has 11 heteroatoms. The molecule has 5 rings (SSSR count). The molecule has 1 atom stereocenters. The Morgan fingerprint density at radius 3 is 2.74 bits per heavy atom. The van der Waals surface area contributed by atoms with Gasteiger partial charge in [-0.15, -0.1) is 11.3 Å². The highest BCUT2D eigenvalue weighted by atomic mass is 32.1. The summed E-state index contributed by atoms with van der Waals surface area (Å²) in [6, 6.07) is 2.26. The topological polar surface area (TPSA) is 98.8 Å². The zero-order valence-electron chi connectivity index (χ0n) is 19.7. The number of aromatic nitrogens is 4. The van der Waals surface area contributed by atoms with Crippen LogP contribution in [0.5, 0.6) is 0 Å². The lowest BCUT2D eigenvalue weighted by Crippen LogP contribution is -2.48. The van der Waals surface area contributed by atoms with Crippen molar-refractivity contribution in [3.05, 3.63) is 52.7 Å². The molecule has 0 N–H and O–H groups in total. The van der Waals surface area contributed by atoms with Crippen LogP contribution < -0.4 is 5.56 Å². The Morgan fingerprint density at radius 1 is 1.23 bits per heavy atom. The van der Waals surface area contributed by atoms with Gasteiger partial charge >= 0.3 is 6.09 Å². The Hall–Kier alpha value is -3.60. The summed E-state index contributed by atoms with van der Waals surface area (Å²) in [7, 11) is 0. The van der Waals surface area contributed by atoms with Crippen LogP contribution >= 0.6 is 11.3 Å². The number of fused-ring (bicyclic) bond motifs is 2. The minimum atomic E-state index is -0.853. The third kappa shape index (κ3) is 4.31. The molecule has 0 spiro atoms. The largest absolute Gasteiger partial charge is 0.444 e. The Labute approximate surface area is 203 Å². The van der Waals surface area contributed by atoms with Crippen molar-refractivity contribution in [1.29, 1.82) is 0 Å². The third-order valence-electron chi connectivity index (χ3n) is 5.75. The molecule has 1 aliphatic heterocycles. The highest BCUT2D eigenvalue weighted by Crippen LogP contribution is 2.32.